The molecule has 24 heavy (non-hydrogen) atoms. The van der Waals surface area contributed by atoms with Gasteiger partial charge in [0.1, 0.15) is 5.75 Å². The molecule has 0 radical (unpaired) electrons. The van der Waals surface area contributed by atoms with Crippen LogP contribution in [0.25, 0.3) is 0 Å². The number of rotatable bonds is 2. The second kappa shape index (κ2) is 5.49. The minimum absolute atomic E-state index is 0.147. The molecule has 0 N–H and O–H groups in total. The van der Waals surface area contributed by atoms with Gasteiger partial charge in [0.2, 0.25) is 6.23 Å². The van der Waals surface area contributed by atoms with Crippen LogP contribution in [0.5, 0.6) is 5.75 Å². The standard InChI is InChI=1S/C20H16N2OS/c1-2-7-14(8-3-1)16-13-17-15-9-4-5-10-18(15)23-20(22(17)21-16)19-11-6-12-24-19/h1-12,17,20H,13H2/t17-,20+/m0/s1. The van der Waals surface area contributed by atoms with Crippen molar-refractivity contribution < 1.29 is 4.74 Å². The van der Waals surface area contributed by atoms with Crippen molar-refractivity contribution in [1.29, 1.82) is 0 Å². The van der Waals surface area contributed by atoms with E-state index < -0.39 is 0 Å². The van der Waals surface area contributed by atoms with E-state index in [0.29, 0.717) is 0 Å². The first kappa shape index (κ1) is 13.8. The van der Waals surface area contributed by atoms with Crippen LogP contribution in [0.3, 0.4) is 0 Å². The fraction of sp³-hybridized carbons (Fsp3) is 0.150. The number of para-hydroxylation sites is 1. The third-order valence-corrected chi connectivity index (χ3v) is 5.50. The first-order valence-electron chi connectivity index (χ1n) is 8.10. The van der Waals surface area contributed by atoms with Gasteiger partial charge in [-0.15, -0.1) is 11.3 Å². The van der Waals surface area contributed by atoms with Crippen molar-refractivity contribution in [3.05, 3.63) is 88.1 Å². The van der Waals surface area contributed by atoms with Crippen LogP contribution in [0.2, 0.25) is 0 Å². The van der Waals surface area contributed by atoms with Gasteiger partial charge in [-0.2, -0.15) is 5.10 Å². The van der Waals surface area contributed by atoms with Crippen LogP contribution in [-0.2, 0) is 0 Å². The summed E-state index contributed by atoms with van der Waals surface area (Å²) < 4.78 is 6.30. The Morgan fingerprint density at radius 2 is 1.79 bits per heavy atom. The van der Waals surface area contributed by atoms with Gasteiger partial charge < -0.3 is 4.74 Å². The maximum atomic E-state index is 6.30. The van der Waals surface area contributed by atoms with E-state index >= 15 is 0 Å². The molecule has 0 saturated heterocycles. The van der Waals surface area contributed by atoms with Crippen molar-refractivity contribution >= 4 is 17.0 Å². The van der Waals surface area contributed by atoms with Gasteiger partial charge in [0.15, 0.2) is 0 Å². The summed E-state index contributed by atoms with van der Waals surface area (Å²) in [5, 5.41) is 9.17. The number of hydrogen-bond donors (Lipinski definition) is 0. The van der Waals surface area contributed by atoms with Gasteiger partial charge in [-0.3, -0.25) is 0 Å². The monoisotopic (exact) mass is 332 g/mol. The van der Waals surface area contributed by atoms with Gasteiger partial charge in [0.05, 0.1) is 16.6 Å². The molecule has 0 bridgehead atoms. The number of hydrazone groups is 1. The highest BCUT2D eigenvalue weighted by molar-refractivity contribution is 7.10. The Hall–Kier alpha value is -2.59. The Morgan fingerprint density at radius 3 is 2.62 bits per heavy atom. The molecule has 0 spiro atoms. The van der Waals surface area contributed by atoms with E-state index in [1.807, 2.05) is 12.1 Å². The molecule has 3 aromatic rings. The summed E-state index contributed by atoms with van der Waals surface area (Å²) in [5.74, 6) is 0.974. The van der Waals surface area contributed by atoms with E-state index in [-0.39, 0.29) is 12.3 Å². The number of nitrogens with zero attached hydrogens (tertiary/aromatic N) is 2. The molecule has 4 heteroatoms. The minimum atomic E-state index is -0.147. The number of ether oxygens (including phenoxy) is 1. The van der Waals surface area contributed by atoms with Crippen LogP contribution in [-0.4, -0.2) is 10.7 Å². The van der Waals surface area contributed by atoms with E-state index in [9.17, 15) is 0 Å². The lowest BCUT2D eigenvalue weighted by Crippen LogP contribution is -2.33. The maximum Gasteiger partial charge on any atom is 0.222 e. The van der Waals surface area contributed by atoms with Crippen molar-refractivity contribution in [1.82, 2.24) is 5.01 Å². The third-order valence-electron chi connectivity index (χ3n) is 4.59. The molecule has 0 unspecified atom stereocenters. The van der Waals surface area contributed by atoms with E-state index in [2.05, 4.69) is 65.0 Å². The molecule has 1 aromatic heterocycles. The molecule has 3 nitrogen and oxygen atoms in total. The van der Waals surface area contributed by atoms with Crippen molar-refractivity contribution in [2.75, 3.05) is 0 Å². The summed E-state index contributed by atoms with van der Waals surface area (Å²) in [7, 11) is 0. The number of fused-ring (bicyclic) bond motifs is 3. The lowest BCUT2D eigenvalue weighted by molar-refractivity contribution is -0.0165. The van der Waals surface area contributed by atoms with Crippen LogP contribution in [0.4, 0.5) is 0 Å². The second-order valence-corrected chi connectivity index (χ2v) is 7.02. The lowest BCUT2D eigenvalue weighted by atomic mass is 9.96. The zero-order chi connectivity index (χ0) is 15.9. The smallest absolute Gasteiger partial charge is 0.222 e. The summed E-state index contributed by atoms with van der Waals surface area (Å²) in [6, 6.07) is 23.2. The first-order chi connectivity index (χ1) is 11.9. The van der Waals surface area contributed by atoms with E-state index in [0.717, 1.165) is 17.9 Å². The van der Waals surface area contributed by atoms with Crippen molar-refractivity contribution in [3.8, 4) is 5.75 Å². The zero-order valence-corrected chi connectivity index (χ0v) is 13.8. The summed E-state index contributed by atoms with van der Waals surface area (Å²) in [4.78, 5) is 1.19. The zero-order valence-electron chi connectivity index (χ0n) is 13.0. The molecule has 118 valence electrons. The highest BCUT2D eigenvalue weighted by atomic mass is 32.1. The largest absolute Gasteiger partial charge is 0.464 e. The normalized spacial score (nSPS) is 21.7. The van der Waals surface area contributed by atoms with Gasteiger partial charge in [0, 0.05) is 12.0 Å². The van der Waals surface area contributed by atoms with Crippen LogP contribution in [0.15, 0.2) is 77.2 Å². The summed E-state index contributed by atoms with van der Waals surface area (Å²) >= 11 is 1.71. The predicted molar refractivity (Wildman–Crippen MR) is 96.3 cm³/mol. The Kier molecular flexibility index (Phi) is 3.16. The van der Waals surface area contributed by atoms with Crippen molar-refractivity contribution in [2.24, 2.45) is 5.10 Å². The summed E-state index contributed by atoms with van der Waals surface area (Å²) in [6.07, 6.45) is 0.762. The minimum Gasteiger partial charge on any atom is -0.464 e. The van der Waals surface area contributed by atoms with Crippen LogP contribution in [0.1, 0.15) is 34.7 Å². The van der Waals surface area contributed by atoms with Crippen molar-refractivity contribution in [3.63, 3.8) is 0 Å². The average Bonchev–Trinajstić information content (AvgIpc) is 3.32. The van der Waals surface area contributed by atoms with Gasteiger partial charge in [-0.25, -0.2) is 5.01 Å². The fourth-order valence-electron chi connectivity index (χ4n) is 3.46. The van der Waals surface area contributed by atoms with Crippen molar-refractivity contribution in [2.45, 2.75) is 18.7 Å². The highest BCUT2D eigenvalue weighted by Crippen LogP contribution is 2.47. The SMILES string of the molecule is c1ccc(C2=NN3[C@@H](c4cccs4)Oc4ccccc4[C@@H]3C2)cc1. The summed E-state index contributed by atoms with van der Waals surface area (Å²) in [6.45, 7) is 0. The van der Waals surface area contributed by atoms with Crippen LogP contribution < -0.4 is 4.74 Å². The predicted octanol–water partition coefficient (Wildman–Crippen LogP) is 4.99. The molecule has 3 heterocycles. The molecule has 2 atom stereocenters. The van der Waals surface area contributed by atoms with Crippen LogP contribution >= 0.6 is 11.3 Å². The molecular weight excluding hydrogens is 316 g/mol. The van der Waals surface area contributed by atoms with Gasteiger partial charge in [-0.1, -0.05) is 54.6 Å². The summed E-state index contributed by atoms with van der Waals surface area (Å²) in [5.41, 5.74) is 3.54. The molecule has 0 fully saturated rings. The maximum absolute atomic E-state index is 6.30. The van der Waals surface area contributed by atoms with E-state index in [1.165, 1.54) is 16.0 Å². The number of benzene rings is 2. The highest BCUT2D eigenvalue weighted by Gasteiger charge is 2.41. The van der Waals surface area contributed by atoms with Gasteiger partial charge in [-0.05, 0) is 23.1 Å². The van der Waals surface area contributed by atoms with Gasteiger partial charge in [0.25, 0.3) is 0 Å². The number of hydrogen-bond acceptors (Lipinski definition) is 4. The second-order valence-electron chi connectivity index (χ2n) is 6.04. The topological polar surface area (TPSA) is 24.8 Å². The molecule has 0 saturated carbocycles. The molecule has 2 aliphatic heterocycles. The Bertz CT molecular complexity index is 889. The average molecular weight is 332 g/mol. The molecule has 2 aromatic carbocycles. The molecule has 0 aliphatic carbocycles. The van der Waals surface area contributed by atoms with Crippen LogP contribution in [0, 0.1) is 0 Å². The molecular formula is C20H16N2OS. The molecule has 2 aliphatic rings. The number of thiophene rings is 1. The fourth-order valence-corrected chi connectivity index (χ4v) is 4.20. The Morgan fingerprint density at radius 1 is 0.958 bits per heavy atom. The molecule has 5 rings (SSSR count). The quantitative estimate of drug-likeness (QED) is 0.660. The Labute approximate surface area is 144 Å². The van der Waals surface area contributed by atoms with Gasteiger partial charge >= 0.3 is 0 Å². The first-order valence-corrected chi connectivity index (χ1v) is 8.98. The van der Waals surface area contributed by atoms with E-state index in [4.69, 9.17) is 9.84 Å². The Balaban J connectivity index is 1.61. The van der Waals surface area contributed by atoms with E-state index in [1.54, 1.807) is 11.3 Å². The lowest BCUT2D eigenvalue weighted by Gasteiger charge is -2.37. The molecule has 0 amide bonds. The third kappa shape index (κ3) is 2.14.